The summed E-state index contributed by atoms with van der Waals surface area (Å²) in [5, 5.41) is 4.51. The summed E-state index contributed by atoms with van der Waals surface area (Å²) >= 11 is 0. The minimum Gasteiger partial charge on any atom is -0.361 e. The highest BCUT2D eigenvalue weighted by atomic mass is 16.2. The summed E-state index contributed by atoms with van der Waals surface area (Å²) in [7, 11) is 1.85. The lowest BCUT2D eigenvalue weighted by molar-refractivity contribution is -0.128. The summed E-state index contributed by atoms with van der Waals surface area (Å²) in [5.41, 5.74) is 3.63. The highest BCUT2D eigenvalue weighted by Gasteiger charge is 2.08. The molecule has 3 rings (SSSR count). The molecule has 2 aromatic heterocycles. The van der Waals surface area contributed by atoms with E-state index in [2.05, 4.69) is 33.6 Å². The summed E-state index contributed by atoms with van der Waals surface area (Å²) in [6.45, 7) is 1.87. The fourth-order valence-electron chi connectivity index (χ4n) is 2.86. The van der Waals surface area contributed by atoms with Gasteiger partial charge in [0.05, 0.1) is 6.54 Å². The van der Waals surface area contributed by atoms with Crippen molar-refractivity contribution in [1.82, 2.24) is 20.2 Å². The van der Waals surface area contributed by atoms with Crippen molar-refractivity contribution in [2.45, 2.75) is 12.8 Å². The number of hydrogen-bond acceptors (Lipinski definition) is 3. The molecule has 1 aromatic carbocycles. The van der Waals surface area contributed by atoms with Crippen molar-refractivity contribution in [1.29, 1.82) is 0 Å². The summed E-state index contributed by atoms with van der Waals surface area (Å²) in [5.74, 6) is 0.119. The molecule has 0 spiro atoms. The molecule has 0 aliphatic heterocycles. The SMILES string of the molecule is CN(CCc1ccncc1)C(=O)CNCCc1c[nH]c2ccccc12. The van der Waals surface area contributed by atoms with Crippen LogP contribution in [0.2, 0.25) is 0 Å². The molecule has 0 unspecified atom stereocenters. The maximum absolute atomic E-state index is 12.2. The number of rotatable bonds is 8. The Balaban J connectivity index is 1.38. The number of nitrogens with zero attached hydrogens (tertiary/aromatic N) is 2. The van der Waals surface area contributed by atoms with Crippen LogP contribution in [0.25, 0.3) is 10.9 Å². The van der Waals surface area contributed by atoms with E-state index in [0.29, 0.717) is 13.1 Å². The zero-order valence-corrected chi connectivity index (χ0v) is 14.5. The van der Waals surface area contributed by atoms with Gasteiger partial charge in [0.15, 0.2) is 0 Å². The van der Waals surface area contributed by atoms with Gasteiger partial charge in [0.1, 0.15) is 0 Å². The van der Waals surface area contributed by atoms with E-state index in [1.807, 2.05) is 31.3 Å². The number of fused-ring (bicyclic) bond motifs is 1. The number of aromatic nitrogens is 2. The number of aromatic amines is 1. The van der Waals surface area contributed by atoms with Gasteiger partial charge in [-0.1, -0.05) is 18.2 Å². The van der Waals surface area contributed by atoms with E-state index >= 15 is 0 Å². The Morgan fingerprint density at radius 3 is 2.80 bits per heavy atom. The lowest BCUT2D eigenvalue weighted by Crippen LogP contribution is -2.37. The van der Waals surface area contributed by atoms with Gasteiger partial charge in [-0.15, -0.1) is 0 Å². The van der Waals surface area contributed by atoms with Crippen LogP contribution in [0.5, 0.6) is 0 Å². The van der Waals surface area contributed by atoms with Gasteiger partial charge in [-0.05, 0) is 48.7 Å². The fourth-order valence-corrected chi connectivity index (χ4v) is 2.86. The normalized spacial score (nSPS) is 10.9. The van der Waals surface area contributed by atoms with Crippen molar-refractivity contribution < 1.29 is 4.79 Å². The highest BCUT2D eigenvalue weighted by molar-refractivity contribution is 5.83. The number of hydrogen-bond donors (Lipinski definition) is 2. The van der Waals surface area contributed by atoms with E-state index in [4.69, 9.17) is 0 Å². The molecule has 0 saturated heterocycles. The molecule has 0 aliphatic rings. The van der Waals surface area contributed by atoms with Gasteiger partial charge in [-0.3, -0.25) is 9.78 Å². The summed E-state index contributed by atoms with van der Waals surface area (Å²) in [4.78, 5) is 21.2. The van der Waals surface area contributed by atoms with Gasteiger partial charge in [-0.25, -0.2) is 0 Å². The molecule has 2 heterocycles. The largest absolute Gasteiger partial charge is 0.361 e. The van der Waals surface area contributed by atoms with E-state index in [-0.39, 0.29) is 5.91 Å². The zero-order chi connectivity index (χ0) is 17.5. The molecule has 0 aliphatic carbocycles. The first kappa shape index (κ1) is 17.2. The quantitative estimate of drug-likeness (QED) is 0.621. The maximum atomic E-state index is 12.2. The molecule has 3 aromatic rings. The standard InChI is InChI=1S/C20H24N4O/c1-24(13-9-16-6-10-21-11-7-16)20(25)15-22-12-8-17-14-23-19-5-3-2-4-18(17)19/h2-7,10-11,14,22-23H,8-9,12-13,15H2,1H3. The first-order valence-corrected chi connectivity index (χ1v) is 8.62. The lowest BCUT2D eigenvalue weighted by Gasteiger charge is -2.17. The van der Waals surface area contributed by atoms with Crippen molar-refractivity contribution in [3.05, 3.63) is 66.1 Å². The molecular formula is C20H24N4O. The second-order valence-electron chi connectivity index (χ2n) is 6.21. The first-order valence-electron chi connectivity index (χ1n) is 8.62. The van der Waals surface area contributed by atoms with Crippen LogP contribution in [-0.4, -0.2) is 47.5 Å². The zero-order valence-electron chi connectivity index (χ0n) is 14.5. The minimum absolute atomic E-state index is 0.119. The average molecular weight is 336 g/mol. The van der Waals surface area contributed by atoms with Crippen molar-refractivity contribution in [3.8, 4) is 0 Å². The molecule has 25 heavy (non-hydrogen) atoms. The van der Waals surface area contributed by atoms with E-state index in [1.54, 1.807) is 17.3 Å². The van der Waals surface area contributed by atoms with Gasteiger partial charge in [0.2, 0.25) is 5.91 Å². The molecule has 0 fully saturated rings. The molecule has 5 nitrogen and oxygen atoms in total. The van der Waals surface area contributed by atoms with Gasteiger partial charge >= 0.3 is 0 Å². The van der Waals surface area contributed by atoms with Crippen LogP contribution >= 0.6 is 0 Å². The monoisotopic (exact) mass is 336 g/mol. The number of nitrogens with one attached hydrogen (secondary N) is 2. The van der Waals surface area contributed by atoms with Crippen LogP contribution in [0, 0.1) is 0 Å². The topological polar surface area (TPSA) is 61.0 Å². The third kappa shape index (κ3) is 4.67. The predicted octanol–water partition coefficient (Wildman–Crippen LogP) is 2.40. The second kappa shape index (κ2) is 8.44. The average Bonchev–Trinajstić information content (AvgIpc) is 3.07. The Bertz CT molecular complexity index is 813. The molecule has 130 valence electrons. The Morgan fingerprint density at radius 1 is 1.16 bits per heavy atom. The summed E-state index contributed by atoms with van der Waals surface area (Å²) in [6.07, 6.45) is 7.36. The number of carbonyl (C=O) groups is 1. The molecule has 1 amide bonds. The van der Waals surface area contributed by atoms with E-state index < -0.39 is 0 Å². The summed E-state index contributed by atoms with van der Waals surface area (Å²) in [6, 6.07) is 12.2. The number of amides is 1. The van der Waals surface area contributed by atoms with Crippen LogP contribution in [0.15, 0.2) is 55.0 Å². The van der Waals surface area contributed by atoms with Crippen LogP contribution in [0.4, 0.5) is 0 Å². The van der Waals surface area contributed by atoms with Crippen LogP contribution in [0.3, 0.4) is 0 Å². The Labute approximate surface area is 148 Å². The molecule has 2 N–H and O–H groups in total. The van der Waals surface area contributed by atoms with Crippen molar-refractivity contribution in [2.75, 3.05) is 26.7 Å². The van der Waals surface area contributed by atoms with Crippen molar-refractivity contribution in [3.63, 3.8) is 0 Å². The van der Waals surface area contributed by atoms with E-state index in [0.717, 1.165) is 24.9 Å². The molecule has 0 atom stereocenters. The maximum Gasteiger partial charge on any atom is 0.236 e. The number of benzene rings is 1. The molecular weight excluding hydrogens is 312 g/mol. The minimum atomic E-state index is 0.119. The highest BCUT2D eigenvalue weighted by Crippen LogP contribution is 2.17. The van der Waals surface area contributed by atoms with Gasteiger partial charge in [-0.2, -0.15) is 0 Å². The predicted molar refractivity (Wildman–Crippen MR) is 100 cm³/mol. The van der Waals surface area contributed by atoms with Gasteiger partial charge in [0, 0.05) is 43.1 Å². The Morgan fingerprint density at radius 2 is 1.96 bits per heavy atom. The van der Waals surface area contributed by atoms with Crippen molar-refractivity contribution >= 4 is 16.8 Å². The van der Waals surface area contributed by atoms with E-state index in [9.17, 15) is 4.79 Å². The lowest BCUT2D eigenvalue weighted by atomic mass is 10.1. The third-order valence-electron chi connectivity index (χ3n) is 4.43. The Kier molecular flexibility index (Phi) is 5.80. The number of carbonyl (C=O) groups excluding carboxylic acids is 1. The number of H-pyrrole nitrogens is 1. The van der Waals surface area contributed by atoms with Crippen LogP contribution < -0.4 is 5.32 Å². The fraction of sp³-hybridized carbons (Fsp3) is 0.300. The summed E-state index contributed by atoms with van der Waals surface area (Å²) < 4.78 is 0. The molecule has 0 radical (unpaired) electrons. The van der Waals surface area contributed by atoms with Crippen LogP contribution in [-0.2, 0) is 17.6 Å². The van der Waals surface area contributed by atoms with Crippen molar-refractivity contribution in [2.24, 2.45) is 0 Å². The second-order valence-corrected chi connectivity index (χ2v) is 6.21. The molecule has 0 bridgehead atoms. The number of para-hydroxylation sites is 1. The number of pyridine rings is 1. The van der Waals surface area contributed by atoms with Gasteiger partial charge < -0.3 is 15.2 Å². The molecule has 0 saturated carbocycles. The number of likely N-dealkylation sites (N-methyl/N-ethyl adjacent to an activating group) is 1. The smallest absolute Gasteiger partial charge is 0.236 e. The first-order chi connectivity index (χ1) is 12.2. The van der Waals surface area contributed by atoms with E-state index in [1.165, 1.54) is 16.5 Å². The molecule has 5 heteroatoms. The Hall–Kier alpha value is -2.66. The third-order valence-corrected chi connectivity index (χ3v) is 4.43. The van der Waals surface area contributed by atoms with Gasteiger partial charge in [0.25, 0.3) is 0 Å². The van der Waals surface area contributed by atoms with Crippen LogP contribution in [0.1, 0.15) is 11.1 Å².